The first-order valence-electron chi connectivity index (χ1n) is 3.81. The Morgan fingerprint density at radius 1 is 1.53 bits per heavy atom. The summed E-state index contributed by atoms with van der Waals surface area (Å²) >= 11 is 2.94. The fourth-order valence-corrected chi connectivity index (χ4v) is 1.40. The molecular weight excluding hydrogens is 276 g/mol. The summed E-state index contributed by atoms with van der Waals surface area (Å²) < 4.78 is 26.5. The molecule has 0 bridgehead atoms. The van der Waals surface area contributed by atoms with Gasteiger partial charge in [-0.2, -0.15) is 8.78 Å². The number of nitrogens with zero attached hydrogens (tertiary/aromatic N) is 1. The number of hydrogen-bond donors (Lipinski definition) is 1. The molecule has 0 saturated heterocycles. The van der Waals surface area contributed by atoms with E-state index in [1.807, 2.05) is 0 Å². The molecule has 0 aliphatic heterocycles. The van der Waals surface area contributed by atoms with Crippen LogP contribution in [0.4, 0.5) is 14.5 Å². The number of alkyl halides is 2. The predicted molar refractivity (Wildman–Crippen MR) is 51.8 cm³/mol. The van der Waals surface area contributed by atoms with Gasteiger partial charge in [0.05, 0.1) is 4.92 Å². The first kappa shape index (κ1) is 12.0. The molecule has 0 atom stereocenters. The van der Waals surface area contributed by atoms with Gasteiger partial charge in [-0.05, 0) is 12.1 Å². The van der Waals surface area contributed by atoms with E-state index < -0.39 is 28.7 Å². The Labute approximate surface area is 91.8 Å². The van der Waals surface area contributed by atoms with Gasteiger partial charge in [-0.3, -0.25) is 10.1 Å². The predicted octanol–water partition coefficient (Wildman–Crippen LogP) is 2.44. The van der Waals surface area contributed by atoms with Gasteiger partial charge in [-0.1, -0.05) is 15.9 Å². The van der Waals surface area contributed by atoms with Crippen LogP contribution in [-0.2, 0) is 5.92 Å². The molecule has 0 aliphatic carbocycles. The number of hydrogen-bond acceptors (Lipinski definition) is 3. The molecular formula is C8H6BrF2NO3. The van der Waals surface area contributed by atoms with Crippen molar-refractivity contribution in [3.8, 4) is 0 Å². The number of nitro benzene ring substituents is 1. The largest absolute Gasteiger partial charge is 0.390 e. The van der Waals surface area contributed by atoms with Crippen LogP contribution in [0.2, 0.25) is 0 Å². The van der Waals surface area contributed by atoms with Gasteiger partial charge in [0.15, 0.2) is 0 Å². The Hall–Kier alpha value is -1.08. The normalized spacial score (nSPS) is 11.5. The Morgan fingerprint density at radius 2 is 2.13 bits per heavy atom. The number of benzene rings is 1. The molecule has 0 unspecified atom stereocenters. The molecule has 1 aromatic rings. The number of halogens is 3. The fraction of sp³-hybridized carbons (Fsp3) is 0.250. The summed E-state index contributed by atoms with van der Waals surface area (Å²) in [6.07, 6.45) is 0. The first-order valence-corrected chi connectivity index (χ1v) is 4.61. The maximum absolute atomic E-state index is 13.1. The zero-order chi connectivity index (χ0) is 11.6. The lowest BCUT2D eigenvalue weighted by Crippen LogP contribution is -2.20. The molecule has 0 heterocycles. The summed E-state index contributed by atoms with van der Waals surface area (Å²) in [6, 6.07) is 3.14. The van der Waals surface area contributed by atoms with Crippen LogP contribution in [0.3, 0.4) is 0 Å². The van der Waals surface area contributed by atoms with Gasteiger partial charge in [0.1, 0.15) is 12.2 Å². The molecule has 0 fully saturated rings. The van der Waals surface area contributed by atoms with E-state index in [1.54, 1.807) is 0 Å². The fourth-order valence-electron chi connectivity index (χ4n) is 1.05. The topological polar surface area (TPSA) is 63.4 Å². The third-order valence-electron chi connectivity index (χ3n) is 1.75. The average molecular weight is 282 g/mol. The molecule has 1 rings (SSSR count). The Morgan fingerprint density at radius 3 is 2.60 bits per heavy atom. The van der Waals surface area contributed by atoms with Crippen LogP contribution in [0.25, 0.3) is 0 Å². The standard InChI is InChI=1S/C8H6BrF2NO3/c9-5-1-2-6(8(10,11)4-13)7(3-5)12(14)15/h1-3,13H,4H2. The van der Waals surface area contributed by atoms with Crippen LogP contribution in [0.15, 0.2) is 22.7 Å². The molecule has 1 N–H and O–H groups in total. The van der Waals surface area contributed by atoms with Crippen LogP contribution in [-0.4, -0.2) is 16.6 Å². The Balaban J connectivity index is 3.35. The van der Waals surface area contributed by atoms with Crippen molar-refractivity contribution >= 4 is 21.6 Å². The van der Waals surface area contributed by atoms with Crippen molar-refractivity contribution in [2.24, 2.45) is 0 Å². The van der Waals surface area contributed by atoms with Crippen LogP contribution in [0.5, 0.6) is 0 Å². The summed E-state index contributed by atoms with van der Waals surface area (Å²) in [7, 11) is 0. The lowest BCUT2D eigenvalue weighted by Gasteiger charge is -2.13. The highest BCUT2D eigenvalue weighted by atomic mass is 79.9. The van der Waals surface area contributed by atoms with Crippen molar-refractivity contribution in [1.82, 2.24) is 0 Å². The summed E-state index contributed by atoms with van der Waals surface area (Å²) in [5.74, 6) is -3.61. The van der Waals surface area contributed by atoms with E-state index >= 15 is 0 Å². The van der Waals surface area contributed by atoms with Crippen LogP contribution >= 0.6 is 15.9 Å². The summed E-state index contributed by atoms with van der Waals surface area (Å²) in [5.41, 5.74) is -1.51. The molecule has 7 heteroatoms. The van der Waals surface area contributed by atoms with Crippen molar-refractivity contribution in [2.75, 3.05) is 6.61 Å². The second-order valence-corrected chi connectivity index (χ2v) is 3.70. The smallest absolute Gasteiger partial charge is 0.302 e. The number of aliphatic hydroxyl groups excluding tert-OH is 1. The summed E-state index contributed by atoms with van der Waals surface area (Å²) in [5, 5.41) is 18.9. The van der Waals surface area contributed by atoms with Crippen molar-refractivity contribution < 1.29 is 18.8 Å². The monoisotopic (exact) mass is 281 g/mol. The highest BCUT2D eigenvalue weighted by Crippen LogP contribution is 2.35. The summed E-state index contributed by atoms with van der Waals surface area (Å²) in [4.78, 5) is 9.59. The second-order valence-electron chi connectivity index (χ2n) is 2.78. The number of aliphatic hydroxyl groups is 1. The van der Waals surface area contributed by atoms with Gasteiger partial charge in [0.2, 0.25) is 0 Å². The molecule has 15 heavy (non-hydrogen) atoms. The molecule has 82 valence electrons. The quantitative estimate of drug-likeness (QED) is 0.684. The van der Waals surface area contributed by atoms with Crippen LogP contribution in [0.1, 0.15) is 5.56 Å². The van der Waals surface area contributed by atoms with Crippen LogP contribution in [0, 0.1) is 10.1 Å². The number of rotatable bonds is 3. The van der Waals surface area contributed by atoms with Gasteiger partial charge >= 0.3 is 5.92 Å². The van der Waals surface area contributed by atoms with Crippen molar-refractivity contribution in [2.45, 2.75) is 5.92 Å². The Kier molecular flexibility index (Phi) is 3.35. The molecule has 0 amide bonds. The maximum atomic E-state index is 13.1. The molecule has 0 spiro atoms. The lowest BCUT2D eigenvalue weighted by atomic mass is 10.1. The maximum Gasteiger partial charge on any atom is 0.302 e. The van der Waals surface area contributed by atoms with Crippen LogP contribution < -0.4 is 0 Å². The third kappa shape index (κ3) is 2.48. The Bertz CT molecular complexity index is 397. The number of nitro groups is 1. The summed E-state index contributed by atoms with van der Waals surface area (Å²) in [6.45, 7) is -1.46. The molecule has 0 aromatic heterocycles. The SMILES string of the molecule is O=[N+]([O-])c1cc(Br)ccc1C(F)(F)CO. The van der Waals surface area contributed by atoms with E-state index in [4.69, 9.17) is 5.11 Å². The minimum atomic E-state index is -3.61. The van der Waals surface area contributed by atoms with Gasteiger partial charge in [0, 0.05) is 10.5 Å². The van der Waals surface area contributed by atoms with E-state index in [-0.39, 0.29) is 0 Å². The van der Waals surface area contributed by atoms with Gasteiger partial charge < -0.3 is 5.11 Å². The highest BCUT2D eigenvalue weighted by Gasteiger charge is 2.37. The van der Waals surface area contributed by atoms with E-state index in [0.29, 0.717) is 4.47 Å². The van der Waals surface area contributed by atoms with Gasteiger partial charge in [-0.15, -0.1) is 0 Å². The second kappa shape index (κ2) is 4.19. The lowest BCUT2D eigenvalue weighted by molar-refractivity contribution is -0.387. The van der Waals surface area contributed by atoms with E-state index in [0.717, 1.165) is 12.1 Å². The molecule has 4 nitrogen and oxygen atoms in total. The molecule has 1 aromatic carbocycles. The van der Waals surface area contributed by atoms with Crippen molar-refractivity contribution in [3.63, 3.8) is 0 Å². The minimum absolute atomic E-state index is 0.326. The van der Waals surface area contributed by atoms with Gasteiger partial charge in [-0.25, -0.2) is 0 Å². The van der Waals surface area contributed by atoms with E-state index in [1.165, 1.54) is 6.07 Å². The minimum Gasteiger partial charge on any atom is -0.390 e. The van der Waals surface area contributed by atoms with Crippen molar-refractivity contribution in [3.05, 3.63) is 38.3 Å². The first-order chi connectivity index (χ1) is 6.88. The highest BCUT2D eigenvalue weighted by molar-refractivity contribution is 9.10. The molecule has 0 aliphatic rings. The van der Waals surface area contributed by atoms with E-state index in [9.17, 15) is 18.9 Å². The molecule has 0 radical (unpaired) electrons. The van der Waals surface area contributed by atoms with Crippen molar-refractivity contribution in [1.29, 1.82) is 0 Å². The third-order valence-corrected chi connectivity index (χ3v) is 2.24. The molecule has 0 saturated carbocycles. The average Bonchev–Trinajstić information content (AvgIpc) is 2.17. The zero-order valence-corrected chi connectivity index (χ0v) is 8.87. The van der Waals surface area contributed by atoms with E-state index in [2.05, 4.69) is 15.9 Å². The van der Waals surface area contributed by atoms with Gasteiger partial charge in [0.25, 0.3) is 5.69 Å². The zero-order valence-electron chi connectivity index (χ0n) is 7.28.